The Morgan fingerprint density at radius 3 is 2.42 bits per heavy atom. The number of pyridine rings is 1. The molecule has 0 bridgehead atoms. The first-order chi connectivity index (χ1) is 11.8. The number of rotatable bonds is 7. The minimum absolute atomic E-state index is 0.469. The van der Waals surface area contributed by atoms with Crippen molar-refractivity contribution in [3.63, 3.8) is 0 Å². The fourth-order valence-electron chi connectivity index (χ4n) is 2.32. The van der Waals surface area contributed by atoms with Crippen LogP contribution in [0, 0.1) is 0 Å². The van der Waals surface area contributed by atoms with Crippen LogP contribution in [0.2, 0.25) is 5.02 Å². The van der Waals surface area contributed by atoms with E-state index < -0.39 is 0 Å². The fraction of sp³-hybridized carbons (Fsp3) is 0.150. The van der Waals surface area contributed by atoms with Gasteiger partial charge in [0.1, 0.15) is 12.4 Å². The lowest BCUT2D eigenvalue weighted by Crippen LogP contribution is -2.13. The van der Waals surface area contributed by atoms with Crippen LogP contribution >= 0.6 is 11.6 Å². The second-order valence-corrected chi connectivity index (χ2v) is 5.86. The van der Waals surface area contributed by atoms with E-state index >= 15 is 0 Å². The standard InChI is InChI=1S/C20H19ClN2O/c21-20-7-2-1-5-17(20)15-24-19-10-8-16(9-11-19)13-22-14-18-6-3-4-12-23-18/h1-12,22H,13-15H2. The lowest BCUT2D eigenvalue weighted by atomic mass is 10.2. The number of aromatic nitrogens is 1. The molecule has 0 atom stereocenters. The monoisotopic (exact) mass is 338 g/mol. The molecule has 24 heavy (non-hydrogen) atoms. The molecule has 2 aromatic carbocycles. The number of hydrogen-bond acceptors (Lipinski definition) is 3. The van der Waals surface area contributed by atoms with Gasteiger partial charge in [-0.25, -0.2) is 0 Å². The highest BCUT2D eigenvalue weighted by Gasteiger charge is 2.01. The Balaban J connectivity index is 1.47. The van der Waals surface area contributed by atoms with Gasteiger partial charge in [0, 0.05) is 29.9 Å². The summed E-state index contributed by atoms with van der Waals surface area (Å²) >= 11 is 6.13. The molecule has 0 aliphatic rings. The maximum absolute atomic E-state index is 6.13. The van der Waals surface area contributed by atoms with Crippen LogP contribution in [0.15, 0.2) is 72.9 Å². The molecule has 122 valence electrons. The molecule has 0 saturated heterocycles. The topological polar surface area (TPSA) is 34.1 Å². The van der Waals surface area contributed by atoms with Crippen LogP contribution < -0.4 is 10.1 Å². The number of halogens is 1. The third-order valence-corrected chi connectivity index (χ3v) is 4.01. The van der Waals surface area contributed by atoms with E-state index in [9.17, 15) is 0 Å². The fourth-order valence-corrected chi connectivity index (χ4v) is 2.51. The molecule has 0 amide bonds. The number of nitrogens with one attached hydrogen (secondary N) is 1. The Kier molecular flexibility index (Phi) is 5.83. The Hall–Kier alpha value is -2.36. The van der Waals surface area contributed by atoms with Crippen molar-refractivity contribution in [3.8, 4) is 5.75 Å². The molecule has 0 aliphatic heterocycles. The summed E-state index contributed by atoms with van der Waals surface area (Å²) in [4.78, 5) is 4.29. The van der Waals surface area contributed by atoms with Crippen LogP contribution in [0.5, 0.6) is 5.75 Å². The van der Waals surface area contributed by atoms with Gasteiger partial charge in [0.2, 0.25) is 0 Å². The lowest BCUT2D eigenvalue weighted by Gasteiger charge is -2.09. The molecule has 0 radical (unpaired) electrons. The molecule has 0 aliphatic carbocycles. The Labute approximate surface area is 147 Å². The van der Waals surface area contributed by atoms with Crippen molar-refractivity contribution in [1.82, 2.24) is 10.3 Å². The van der Waals surface area contributed by atoms with Gasteiger partial charge in [-0.1, -0.05) is 48.0 Å². The van der Waals surface area contributed by atoms with Gasteiger partial charge in [0.05, 0.1) is 5.69 Å². The maximum atomic E-state index is 6.13. The molecule has 0 unspecified atom stereocenters. The molecular formula is C20H19ClN2O. The molecule has 3 aromatic rings. The van der Waals surface area contributed by atoms with Gasteiger partial charge in [-0.3, -0.25) is 4.98 Å². The summed E-state index contributed by atoms with van der Waals surface area (Å²) in [6.07, 6.45) is 1.81. The van der Waals surface area contributed by atoms with Gasteiger partial charge < -0.3 is 10.1 Å². The zero-order valence-corrected chi connectivity index (χ0v) is 14.0. The van der Waals surface area contributed by atoms with Crippen LogP contribution in [0.25, 0.3) is 0 Å². The molecule has 1 N–H and O–H groups in total. The summed E-state index contributed by atoms with van der Waals surface area (Å²) in [5.74, 6) is 0.836. The van der Waals surface area contributed by atoms with E-state index in [4.69, 9.17) is 16.3 Å². The van der Waals surface area contributed by atoms with Crippen LogP contribution in [-0.2, 0) is 19.7 Å². The Morgan fingerprint density at radius 2 is 1.67 bits per heavy atom. The molecule has 1 heterocycles. The van der Waals surface area contributed by atoms with Gasteiger partial charge in [-0.15, -0.1) is 0 Å². The smallest absolute Gasteiger partial charge is 0.119 e. The summed E-state index contributed by atoms with van der Waals surface area (Å²) < 4.78 is 5.79. The molecule has 0 saturated carbocycles. The SMILES string of the molecule is Clc1ccccc1COc1ccc(CNCc2ccccn2)cc1. The quantitative estimate of drug-likeness (QED) is 0.683. The van der Waals surface area contributed by atoms with Crippen LogP contribution in [0.1, 0.15) is 16.8 Å². The van der Waals surface area contributed by atoms with Crippen molar-refractivity contribution in [2.45, 2.75) is 19.7 Å². The van der Waals surface area contributed by atoms with Crippen molar-refractivity contribution >= 4 is 11.6 Å². The Bertz CT molecular complexity index is 760. The van der Waals surface area contributed by atoms with Gasteiger partial charge in [0.25, 0.3) is 0 Å². The van der Waals surface area contributed by atoms with E-state index in [1.54, 1.807) is 0 Å². The normalized spacial score (nSPS) is 10.5. The van der Waals surface area contributed by atoms with E-state index in [0.29, 0.717) is 6.61 Å². The van der Waals surface area contributed by atoms with E-state index in [2.05, 4.69) is 22.4 Å². The summed E-state index contributed by atoms with van der Waals surface area (Å²) in [6, 6.07) is 21.7. The second-order valence-electron chi connectivity index (χ2n) is 5.45. The summed E-state index contributed by atoms with van der Waals surface area (Å²) in [5, 5.41) is 4.11. The minimum Gasteiger partial charge on any atom is -0.489 e. The van der Waals surface area contributed by atoms with Gasteiger partial charge in [0.15, 0.2) is 0 Å². The molecule has 3 nitrogen and oxygen atoms in total. The van der Waals surface area contributed by atoms with Crippen molar-refractivity contribution in [1.29, 1.82) is 0 Å². The van der Waals surface area contributed by atoms with Crippen LogP contribution in [0.4, 0.5) is 0 Å². The average Bonchev–Trinajstić information content (AvgIpc) is 2.63. The average molecular weight is 339 g/mol. The molecule has 0 spiro atoms. The van der Waals surface area contributed by atoms with E-state index in [1.807, 2.05) is 60.8 Å². The summed E-state index contributed by atoms with van der Waals surface area (Å²) in [7, 11) is 0. The maximum Gasteiger partial charge on any atom is 0.119 e. The van der Waals surface area contributed by atoms with Crippen LogP contribution in [0.3, 0.4) is 0 Å². The number of benzene rings is 2. The first kappa shape index (κ1) is 16.5. The zero-order chi connectivity index (χ0) is 16.6. The van der Waals surface area contributed by atoms with E-state index in [0.717, 1.165) is 35.1 Å². The predicted octanol–water partition coefficient (Wildman–Crippen LogP) is 4.60. The van der Waals surface area contributed by atoms with Crippen molar-refractivity contribution in [2.24, 2.45) is 0 Å². The molecule has 4 heteroatoms. The number of hydrogen-bond donors (Lipinski definition) is 1. The minimum atomic E-state index is 0.469. The first-order valence-electron chi connectivity index (χ1n) is 7.87. The molecule has 3 rings (SSSR count). The second kappa shape index (κ2) is 8.48. The highest BCUT2D eigenvalue weighted by Crippen LogP contribution is 2.19. The molecule has 1 aromatic heterocycles. The number of nitrogens with zero attached hydrogens (tertiary/aromatic N) is 1. The molecule has 0 fully saturated rings. The highest BCUT2D eigenvalue weighted by molar-refractivity contribution is 6.31. The van der Waals surface area contributed by atoms with Crippen LogP contribution in [-0.4, -0.2) is 4.98 Å². The first-order valence-corrected chi connectivity index (χ1v) is 8.25. The van der Waals surface area contributed by atoms with Gasteiger partial charge in [-0.05, 0) is 35.9 Å². The predicted molar refractivity (Wildman–Crippen MR) is 97.0 cm³/mol. The lowest BCUT2D eigenvalue weighted by molar-refractivity contribution is 0.306. The highest BCUT2D eigenvalue weighted by atomic mass is 35.5. The van der Waals surface area contributed by atoms with Crippen molar-refractivity contribution in [3.05, 3.63) is 94.8 Å². The van der Waals surface area contributed by atoms with Gasteiger partial charge in [-0.2, -0.15) is 0 Å². The van der Waals surface area contributed by atoms with Crippen molar-refractivity contribution < 1.29 is 4.74 Å². The summed E-state index contributed by atoms with van der Waals surface area (Å²) in [6.45, 7) is 2.02. The van der Waals surface area contributed by atoms with Crippen molar-refractivity contribution in [2.75, 3.05) is 0 Å². The largest absolute Gasteiger partial charge is 0.489 e. The molecular weight excluding hydrogens is 320 g/mol. The van der Waals surface area contributed by atoms with E-state index in [-0.39, 0.29) is 0 Å². The van der Waals surface area contributed by atoms with E-state index in [1.165, 1.54) is 5.56 Å². The Morgan fingerprint density at radius 1 is 0.875 bits per heavy atom. The summed E-state index contributed by atoms with van der Waals surface area (Å²) in [5.41, 5.74) is 3.23. The zero-order valence-electron chi connectivity index (χ0n) is 13.3. The number of ether oxygens (including phenoxy) is 1. The third-order valence-electron chi connectivity index (χ3n) is 3.64. The third kappa shape index (κ3) is 4.82. The van der Waals surface area contributed by atoms with Gasteiger partial charge >= 0.3 is 0 Å².